The second-order valence-electron chi connectivity index (χ2n) is 13.2. The Morgan fingerprint density at radius 2 is 1.58 bits per heavy atom. The number of fused-ring (bicyclic) bond motifs is 4. The van der Waals surface area contributed by atoms with E-state index in [1.54, 1.807) is 9.80 Å². The zero-order valence-corrected chi connectivity index (χ0v) is 26.0. The number of carbonyl (C=O) groups is 3. The Kier molecular flexibility index (Phi) is 8.20. The number of carboxylic acid groups (broad SMARTS) is 1. The minimum Gasteiger partial charge on any atom is -0.485 e. The molecule has 1 spiro atoms. The number of hydrogen-bond donors (Lipinski definition) is 1. The van der Waals surface area contributed by atoms with Crippen LogP contribution in [0.5, 0.6) is 5.75 Å². The Hall–Kier alpha value is -4.53. The third-order valence-electron chi connectivity index (χ3n) is 8.87. The van der Waals surface area contributed by atoms with Gasteiger partial charge in [0, 0.05) is 43.8 Å². The van der Waals surface area contributed by atoms with Crippen LogP contribution in [0, 0.1) is 0 Å². The first-order valence-corrected chi connectivity index (χ1v) is 15.6. The quantitative estimate of drug-likeness (QED) is 0.306. The summed E-state index contributed by atoms with van der Waals surface area (Å²) in [4.78, 5) is 41.8. The van der Waals surface area contributed by atoms with Gasteiger partial charge in [0.1, 0.15) is 23.6 Å². The molecule has 1 N–H and O–H groups in total. The van der Waals surface area contributed by atoms with Crippen molar-refractivity contribution < 1.29 is 33.7 Å². The van der Waals surface area contributed by atoms with Crippen LogP contribution in [-0.2, 0) is 14.3 Å². The minimum atomic E-state index is -0.921. The van der Waals surface area contributed by atoms with Crippen LogP contribution in [0.3, 0.4) is 0 Å². The third kappa shape index (κ3) is 6.34. The number of para-hydroxylation sites is 1. The number of amides is 2. The van der Waals surface area contributed by atoms with Gasteiger partial charge < -0.3 is 29.1 Å². The van der Waals surface area contributed by atoms with E-state index in [0.29, 0.717) is 31.7 Å². The summed E-state index contributed by atoms with van der Waals surface area (Å²) in [6.07, 6.45) is 0.311. The first kappa shape index (κ1) is 30.5. The highest BCUT2D eigenvalue weighted by atomic mass is 16.6. The van der Waals surface area contributed by atoms with Gasteiger partial charge in [0.15, 0.2) is 0 Å². The van der Waals surface area contributed by atoms with Crippen LogP contribution in [-0.4, -0.2) is 70.5 Å². The van der Waals surface area contributed by atoms with Gasteiger partial charge in [0.2, 0.25) is 0 Å². The predicted octanol–water partition coefficient (Wildman–Crippen LogP) is 7.01. The standard InChI is InChI=1S/C36H40N2O7/c1-35(2,3)45-33(41)37-20-18-36(23-37)21-30(28-15-8-9-16-31(28)44-36)38(19-10-17-32(39)40)34(42)43-22-29-26-13-6-4-11-24(26)25-12-5-7-14-27(25)29/h4-9,11-16,29-30H,10,17-23H2,1-3H3,(H,39,40). The van der Waals surface area contributed by atoms with Crippen LogP contribution in [0.4, 0.5) is 9.59 Å². The maximum absolute atomic E-state index is 14.1. The first-order valence-electron chi connectivity index (χ1n) is 15.6. The Labute approximate surface area is 263 Å². The van der Waals surface area contributed by atoms with Crippen molar-refractivity contribution in [1.29, 1.82) is 0 Å². The zero-order valence-electron chi connectivity index (χ0n) is 26.0. The van der Waals surface area contributed by atoms with Crippen molar-refractivity contribution in [3.05, 3.63) is 89.5 Å². The van der Waals surface area contributed by atoms with E-state index in [4.69, 9.17) is 14.2 Å². The molecule has 2 heterocycles. The van der Waals surface area contributed by atoms with Crippen molar-refractivity contribution in [2.75, 3.05) is 26.2 Å². The lowest BCUT2D eigenvalue weighted by Gasteiger charge is -2.43. The van der Waals surface area contributed by atoms with Crippen molar-refractivity contribution in [1.82, 2.24) is 9.80 Å². The van der Waals surface area contributed by atoms with E-state index in [2.05, 4.69) is 24.3 Å². The molecule has 2 atom stereocenters. The Balaban J connectivity index is 1.26. The summed E-state index contributed by atoms with van der Waals surface area (Å²) in [6, 6.07) is 23.5. The molecule has 3 aromatic carbocycles. The first-order chi connectivity index (χ1) is 21.5. The van der Waals surface area contributed by atoms with E-state index in [9.17, 15) is 19.5 Å². The molecule has 0 saturated carbocycles. The van der Waals surface area contributed by atoms with Crippen molar-refractivity contribution in [3.8, 4) is 16.9 Å². The average molecular weight is 613 g/mol. The topological polar surface area (TPSA) is 106 Å². The number of aliphatic carboxylic acids is 1. The lowest BCUT2D eigenvalue weighted by molar-refractivity contribution is -0.137. The molecule has 2 amide bonds. The maximum atomic E-state index is 14.1. The average Bonchev–Trinajstić information content (AvgIpc) is 3.56. The fraction of sp³-hybridized carbons (Fsp3) is 0.417. The monoisotopic (exact) mass is 612 g/mol. The fourth-order valence-electron chi connectivity index (χ4n) is 6.89. The van der Waals surface area contributed by atoms with Gasteiger partial charge in [0.25, 0.3) is 0 Å². The summed E-state index contributed by atoms with van der Waals surface area (Å²) in [7, 11) is 0. The van der Waals surface area contributed by atoms with Gasteiger partial charge in [-0.15, -0.1) is 0 Å². The molecule has 9 heteroatoms. The van der Waals surface area contributed by atoms with Gasteiger partial charge in [-0.1, -0.05) is 66.7 Å². The molecule has 2 unspecified atom stereocenters. The van der Waals surface area contributed by atoms with Gasteiger partial charge >= 0.3 is 18.2 Å². The van der Waals surface area contributed by atoms with Gasteiger partial charge in [-0.25, -0.2) is 9.59 Å². The van der Waals surface area contributed by atoms with E-state index >= 15 is 0 Å². The third-order valence-corrected chi connectivity index (χ3v) is 8.87. The number of hydrogen-bond acceptors (Lipinski definition) is 6. The lowest BCUT2D eigenvalue weighted by atomic mass is 9.85. The molecular weight excluding hydrogens is 572 g/mol. The highest BCUT2D eigenvalue weighted by Gasteiger charge is 2.50. The smallest absolute Gasteiger partial charge is 0.410 e. The SMILES string of the molecule is CC(C)(C)OC(=O)N1CCC2(CC(N(CCCC(=O)O)C(=O)OCC3c4ccccc4-c4ccccc43)c3ccccc3O2)C1. The van der Waals surface area contributed by atoms with Crippen LogP contribution >= 0.6 is 0 Å². The number of nitrogens with zero attached hydrogens (tertiary/aromatic N) is 2. The molecule has 1 saturated heterocycles. The summed E-state index contributed by atoms with van der Waals surface area (Å²) in [6.45, 7) is 6.66. The number of rotatable bonds is 7. The second-order valence-corrected chi connectivity index (χ2v) is 13.2. The molecule has 0 aromatic heterocycles. The van der Waals surface area contributed by atoms with Gasteiger partial charge in [-0.2, -0.15) is 0 Å². The predicted molar refractivity (Wildman–Crippen MR) is 168 cm³/mol. The van der Waals surface area contributed by atoms with Crippen LogP contribution in [0.2, 0.25) is 0 Å². The number of carbonyl (C=O) groups excluding carboxylic acids is 2. The number of ether oxygens (including phenoxy) is 3. The molecule has 2 aliphatic heterocycles. The zero-order chi connectivity index (χ0) is 31.8. The largest absolute Gasteiger partial charge is 0.485 e. The molecule has 0 radical (unpaired) electrons. The molecule has 9 nitrogen and oxygen atoms in total. The molecule has 45 heavy (non-hydrogen) atoms. The minimum absolute atomic E-state index is 0.0738. The summed E-state index contributed by atoms with van der Waals surface area (Å²) in [5, 5.41) is 9.39. The number of likely N-dealkylation sites (tertiary alicyclic amines) is 1. The Morgan fingerprint density at radius 3 is 2.22 bits per heavy atom. The van der Waals surface area contributed by atoms with E-state index < -0.39 is 35.4 Å². The maximum Gasteiger partial charge on any atom is 0.410 e. The molecule has 6 rings (SSSR count). The highest BCUT2D eigenvalue weighted by Crippen LogP contribution is 2.48. The van der Waals surface area contributed by atoms with Gasteiger partial charge in [-0.05, 0) is 55.5 Å². The van der Waals surface area contributed by atoms with E-state index in [-0.39, 0.29) is 31.9 Å². The highest BCUT2D eigenvalue weighted by molar-refractivity contribution is 5.79. The molecular formula is C36H40N2O7. The van der Waals surface area contributed by atoms with Crippen LogP contribution < -0.4 is 4.74 Å². The molecule has 3 aromatic rings. The molecule has 1 aliphatic carbocycles. The second kappa shape index (κ2) is 12.1. The molecule has 236 valence electrons. The summed E-state index contributed by atoms with van der Waals surface area (Å²) in [5.74, 6) is -0.377. The normalized spacial score (nSPS) is 20.2. The molecule has 3 aliphatic rings. The lowest BCUT2D eigenvalue weighted by Crippen LogP contribution is -2.49. The van der Waals surface area contributed by atoms with Crippen LogP contribution in [0.25, 0.3) is 11.1 Å². The summed E-state index contributed by atoms with van der Waals surface area (Å²) < 4.78 is 18.3. The summed E-state index contributed by atoms with van der Waals surface area (Å²) >= 11 is 0. The van der Waals surface area contributed by atoms with Crippen molar-refractivity contribution >= 4 is 18.2 Å². The van der Waals surface area contributed by atoms with Crippen molar-refractivity contribution in [3.63, 3.8) is 0 Å². The molecule has 1 fully saturated rings. The Morgan fingerprint density at radius 1 is 0.956 bits per heavy atom. The van der Waals surface area contributed by atoms with Gasteiger partial charge in [0.05, 0.1) is 12.6 Å². The van der Waals surface area contributed by atoms with E-state index in [1.165, 1.54) is 0 Å². The van der Waals surface area contributed by atoms with Crippen LogP contribution in [0.1, 0.15) is 75.1 Å². The van der Waals surface area contributed by atoms with E-state index in [1.807, 2.05) is 69.3 Å². The Bertz CT molecular complexity index is 1550. The fourth-order valence-corrected chi connectivity index (χ4v) is 6.89. The summed E-state index contributed by atoms with van der Waals surface area (Å²) in [5.41, 5.74) is 4.00. The number of carboxylic acids is 1. The van der Waals surface area contributed by atoms with Crippen molar-refractivity contribution in [2.24, 2.45) is 0 Å². The van der Waals surface area contributed by atoms with Crippen LogP contribution in [0.15, 0.2) is 72.8 Å². The van der Waals surface area contributed by atoms with E-state index in [0.717, 1.165) is 27.8 Å². The van der Waals surface area contributed by atoms with Gasteiger partial charge in [-0.3, -0.25) is 4.79 Å². The number of benzene rings is 3. The molecule has 0 bridgehead atoms. The van der Waals surface area contributed by atoms with Crippen molar-refractivity contribution in [2.45, 2.75) is 69.6 Å².